The smallest absolute Gasteiger partial charge is 0.170 e. The van der Waals surface area contributed by atoms with Crippen molar-refractivity contribution in [3.05, 3.63) is 22.4 Å². The molecule has 0 aromatic carbocycles. The second-order valence-electron chi connectivity index (χ2n) is 2.57. The fourth-order valence-electron chi connectivity index (χ4n) is 0.888. The van der Waals surface area contributed by atoms with Crippen molar-refractivity contribution in [1.82, 2.24) is 4.98 Å². The van der Waals surface area contributed by atoms with E-state index in [0.29, 0.717) is 5.69 Å². The summed E-state index contributed by atoms with van der Waals surface area (Å²) in [6.45, 7) is 0. The third-order valence-electron chi connectivity index (χ3n) is 1.46. The number of rotatable bonds is 2. The minimum absolute atomic E-state index is 0.461. The number of halogens is 1. The first-order valence-corrected chi connectivity index (χ1v) is 4.22. The van der Waals surface area contributed by atoms with Crippen LogP contribution in [0.15, 0.2) is 16.7 Å². The van der Waals surface area contributed by atoms with E-state index in [1.165, 1.54) is 0 Å². The lowest BCUT2D eigenvalue weighted by Gasteiger charge is -2.13. The third kappa shape index (κ3) is 1.82. The van der Waals surface area contributed by atoms with Crippen LogP contribution in [0.2, 0.25) is 0 Å². The van der Waals surface area contributed by atoms with E-state index in [9.17, 15) is 4.79 Å². The van der Waals surface area contributed by atoms with Gasteiger partial charge in [0, 0.05) is 24.8 Å². The summed E-state index contributed by atoms with van der Waals surface area (Å²) in [6, 6.07) is 1.86. The summed E-state index contributed by atoms with van der Waals surface area (Å²) in [5.41, 5.74) is 1.28. The zero-order chi connectivity index (χ0) is 9.14. The Bertz CT molecular complexity index is 299. The van der Waals surface area contributed by atoms with E-state index in [2.05, 4.69) is 20.9 Å². The van der Waals surface area contributed by atoms with Gasteiger partial charge in [0.1, 0.15) is 5.69 Å². The molecule has 0 spiro atoms. The van der Waals surface area contributed by atoms with Crippen LogP contribution in [-0.4, -0.2) is 25.4 Å². The lowest BCUT2D eigenvalue weighted by atomic mass is 10.3. The summed E-state index contributed by atoms with van der Waals surface area (Å²) >= 11 is 3.29. The van der Waals surface area contributed by atoms with Crippen molar-refractivity contribution in [3.63, 3.8) is 0 Å². The standard InChI is InChI=1S/C8H9BrN2O/c1-11(2)8-3-6(9)4-10-7(8)5-12/h3-5H,1-2H3. The lowest BCUT2D eigenvalue weighted by molar-refractivity contribution is 0.111. The Morgan fingerprint density at radius 2 is 2.25 bits per heavy atom. The highest BCUT2D eigenvalue weighted by atomic mass is 79.9. The van der Waals surface area contributed by atoms with Crippen molar-refractivity contribution in [2.24, 2.45) is 0 Å². The van der Waals surface area contributed by atoms with Gasteiger partial charge in [0.05, 0.1) is 5.69 Å². The average molecular weight is 229 g/mol. The molecule has 0 radical (unpaired) electrons. The van der Waals surface area contributed by atoms with Crippen LogP contribution in [-0.2, 0) is 0 Å². The van der Waals surface area contributed by atoms with Gasteiger partial charge in [-0.2, -0.15) is 0 Å². The molecule has 64 valence electrons. The highest BCUT2D eigenvalue weighted by Gasteiger charge is 2.04. The molecule has 4 heteroatoms. The van der Waals surface area contributed by atoms with E-state index in [0.717, 1.165) is 16.4 Å². The Morgan fingerprint density at radius 3 is 2.75 bits per heavy atom. The highest BCUT2D eigenvalue weighted by molar-refractivity contribution is 9.10. The molecule has 1 aromatic rings. The number of nitrogens with zero attached hydrogens (tertiary/aromatic N) is 2. The normalized spacial score (nSPS) is 9.58. The van der Waals surface area contributed by atoms with Crippen molar-refractivity contribution < 1.29 is 4.79 Å². The molecule has 1 rings (SSSR count). The molecule has 0 unspecified atom stereocenters. The molecular weight excluding hydrogens is 220 g/mol. The van der Waals surface area contributed by atoms with Crippen LogP contribution < -0.4 is 4.90 Å². The summed E-state index contributed by atoms with van der Waals surface area (Å²) in [6.07, 6.45) is 2.36. The van der Waals surface area contributed by atoms with Gasteiger partial charge in [0.15, 0.2) is 6.29 Å². The molecule has 12 heavy (non-hydrogen) atoms. The van der Waals surface area contributed by atoms with Gasteiger partial charge in [0.2, 0.25) is 0 Å². The Labute approximate surface area is 79.5 Å². The molecule has 0 atom stereocenters. The summed E-state index contributed by atoms with van der Waals surface area (Å²) < 4.78 is 0.872. The first-order valence-electron chi connectivity index (χ1n) is 3.43. The van der Waals surface area contributed by atoms with Gasteiger partial charge in [-0.3, -0.25) is 9.78 Å². The molecule has 0 fully saturated rings. The number of hydrogen-bond donors (Lipinski definition) is 0. The topological polar surface area (TPSA) is 33.2 Å². The SMILES string of the molecule is CN(C)c1cc(Br)cnc1C=O. The quantitative estimate of drug-likeness (QED) is 0.724. The van der Waals surface area contributed by atoms with E-state index in [1.807, 2.05) is 25.1 Å². The van der Waals surface area contributed by atoms with Gasteiger partial charge >= 0.3 is 0 Å². The molecule has 0 N–H and O–H groups in total. The van der Waals surface area contributed by atoms with Crippen molar-refractivity contribution in [1.29, 1.82) is 0 Å². The minimum atomic E-state index is 0.461. The van der Waals surface area contributed by atoms with Crippen molar-refractivity contribution in [2.45, 2.75) is 0 Å². The number of carbonyl (C=O) groups is 1. The number of anilines is 1. The largest absolute Gasteiger partial charge is 0.376 e. The van der Waals surface area contributed by atoms with Crippen LogP contribution in [0.3, 0.4) is 0 Å². The zero-order valence-corrected chi connectivity index (χ0v) is 8.50. The Morgan fingerprint density at radius 1 is 1.58 bits per heavy atom. The molecule has 0 bridgehead atoms. The van der Waals surface area contributed by atoms with Crippen molar-refractivity contribution in [2.75, 3.05) is 19.0 Å². The Hall–Kier alpha value is -0.900. The number of pyridine rings is 1. The van der Waals surface area contributed by atoms with E-state index in [4.69, 9.17) is 0 Å². The second-order valence-corrected chi connectivity index (χ2v) is 3.49. The predicted molar refractivity (Wildman–Crippen MR) is 51.7 cm³/mol. The number of aromatic nitrogens is 1. The molecule has 0 saturated carbocycles. The number of hydrogen-bond acceptors (Lipinski definition) is 3. The molecule has 0 aliphatic carbocycles. The Kier molecular flexibility index (Phi) is 2.81. The van der Waals surface area contributed by atoms with Crippen LogP contribution in [0.5, 0.6) is 0 Å². The van der Waals surface area contributed by atoms with Crippen LogP contribution in [0.1, 0.15) is 10.5 Å². The molecule has 1 heterocycles. The zero-order valence-electron chi connectivity index (χ0n) is 6.91. The maximum atomic E-state index is 10.5. The number of carbonyl (C=O) groups excluding carboxylic acids is 1. The number of aldehydes is 1. The fraction of sp³-hybridized carbons (Fsp3) is 0.250. The van der Waals surface area contributed by atoms with Crippen molar-refractivity contribution >= 4 is 27.9 Å². The van der Waals surface area contributed by atoms with Crippen molar-refractivity contribution in [3.8, 4) is 0 Å². The Balaban J connectivity index is 3.21. The van der Waals surface area contributed by atoms with E-state index in [1.54, 1.807) is 6.20 Å². The third-order valence-corrected chi connectivity index (χ3v) is 1.89. The van der Waals surface area contributed by atoms with E-state index in [-0.39, 0.29) is 0 Å². The maximum Gasteiger partial charge on any atom is 0.170 e. The van der Waals surface area contributed by atoms with Gasteiger partial charge in [-0.15, -0.1) is 0 Å². The molecule has 0 aliphatic heterocycles. The van der Waals surface area contributed by atoms with Gasteiger partial charge in [-0.1, -0.05) is 0 Å². The molecule has 0 saturated heterocycles. The van der Waals surface area contributed by atoms with Crippen LogP contribution in [0.25, 0.3) is 0 Å². The van der Waals surface area contributed by atoms with Gasteiger partial charge in [-0.05, 0) is 22.0 Å². The molecule has 0 amide bonds. The van der Waals surface area contributed by atoms with E-state index < -0.39 is 0 Å². The predicted octanol–water partition coefficient (Wildman–Crippen LogP) is 1.72. The van der Waals surface area contributed by atoms with Gasteiger partial charge in [-0.25, -0.2) is 0 Å². The molecule has 1 aromatic heterocycles. The average Bonchev–Trinajstić information content (AvgIpc) is 2.04. The first kappa shape index (κ1) is 9.19. The second kappa shape index (κ2) is 3.67. The van der Waals surface area contributed by atoms with E-state index >= 15 is 0 Å². The van der Waals surface area contributed by atoms with Crippen LogP contribution >= 0.6 is 15.9 Å². The summed E-state index contributed by atoms with van der Waals surface area (Å²) in [4.78, 5) is 16.3. The summed E-state index contributed by atoms with van der Waals surface area (Å²) in [5.74, 6) is 0. The minimum Gasteiger partial charge on any atom is -0.376 e. The highest BCUT2D eigenvalue weighted by Crippen LogP contribution is 2.19. The fourth-order valence-corrected chi connectivity index (χ4v) is 1.21. The van der Waals surface area contributed by atoms with Crippen LogP contribution in [0.4, 0.5) is 5.69 Å². The summed E-state index contributed by atoms with van der Waals surface area (Å²) in [5, 5.41) is 0. The van der Waals surface area contributed by atoms with Gasteiger partial charge in [0.25, 0.3) is 0 Å². The molecular formula is C8H9BrN2O. The van der Waals surface area contributed by atoms with Gasteiger partial charge < -0.3 is 4.90 Å². The maximum absolute atomic E-state index is 10.5. The lowest BCUT2D eigenvalue weighted by Crippen LogP contribution is -2.12. The first-order chi connectivity index (χ1) is 5.65. The van der Waals surface area contributed by atoms with Crippen LogP contribution in [0, 0.1) is 0 Å². The molecule has 0 aliphatic rings. The summed E-state index contributed by atoms with van der Waals surface area (Å²) in [7, 11) is 3.74. The monoisotopic (exact) mass is 228 g/mol. The molecule has 3 nitrogen and oxygen atoms in total.